The average molecular weight is 468 g/mol. The molecule has 0 radical (unpaired) electrons. The molecule has 182 valence electrons. The molecule has 0 bridgehead atoms. The van der Waals surface area contributed by atoms with Gasteiger partial charge in [0.15, 0.2) is 0 Å². The third kappa shape index (κ3) is 9.47. The van der Waals surface area contributed by atoms with Gasteiger partial charge in [-0.25, -0.2) is 4.31 Å². The maximum atomic E-state index is 5.08. The Balaban J connectivity index is 1.37. The maximum Gasteiger partial charge on any atom is 0.0813 e. The van der Waals surface area contributed by atoms with Gasteiger partial charge in [0.1, 0.15) is 0 Å². The minimum Gasteiger partial charge on any atom is -0.304 e. The minimum atomic E-state index is 0.793. The van der Waals surface area contributed by atoms with Crippen LogP contribution in [0, 0.1) is 5.92 Å². The monoisotopic (exact) mass is 467 g/mol. The highest BCUT2D eigenvalue weighted by Gasteiger charge is 2.21. The summed E-state index contributed by atoms with van der Waals surface area (Å²) in [5.41, 5.74) is 5.91. The lowest BCUT2D eigenvalue weighted by Crippen LogP contribution is -2.13. The van der Waals surface area contributed by atoms with Crippen LogP contribution in [0.3, 0.4) is 0 Å². The Hall–Kier alpha value is -1.29. The van der Waals surface area contributed by atoms with Crippen LogP contribution in [-0.4, -0.2) is 25.0 Å². The highest BCUT2D eigenvalue weighted by atomic mass is 32.2. The quantitative estimate of drug-likeness (QED) is 0.157. The predicted octanol–water partition coefficient (Wildman–Crippen LogP) is 8.40. The van der Waals surface area contributed by atoms with E-state index in [1.54, 1.807) is 12.7 Å². The number of nitrogens with zero attached hydrogens (tertiary/aromatic N) is 1. The molecule has 1 saturated carbocycles. The second-order valence-corrected chi connectivity index (χ2v) is 11.1. The van der Waals surface area contributed by atoms with Gasteiger partial charge in [-0.3, -0.25) is 0 Å². The van der Waals surface area contributed by atoms with E-state index in [0.29, 0.717) is 0 Å². The molecule has 3 heteroatoms. The van der Waals surface area contributed by atoms with Gasteiger partial charge in [-0.2, -0.15) is 0 Å². The van der Waals surface area contributed by atoms with E-state index < -0.39 is 0 Å². The first-order chi connectivity index (χ1) is 16.2. The molecule has 0 N–H and O–H groups in total. The number of unbranched alkanes of at least 4 members (excludes halogenated alkanes) is 2. The second kappa shape index (κ2) is 14.9. The molecule has 3 rings (SSSR count). The van der Waals surface area contributed by atoms with Crippen LogP contribution in [0.1, 0.15) is 92.9 Å². The van der Waals surface area contributed by atoms with Crippen LogP contribution >= 0.6 is 12.2 Å². The zero-order valence-corrected chi connectivity index (χ0v) is 22.0. The molecule has 1 aliphatic carbocycles. The lowest BCUT2D eigenvalue weighted by molar-refractivity contribution is 0.303. The summed E-state index contributed by atoms with van der Waals surface area (Å²) in [6.07, 6.45) is 15.9. The summed E-state index contributed by atoms with van der Waals surface area (Å²) in [7, 11) is 3.79. The predicted molar refractivity (Wildman–Crippen MR) is 145 cm³/mol. The normalized spacial score (nSPS) is 18.7. The number of benzene rings is 2. The van der Waals surface area contributed by atoms with Gasteiger partial charge in [0.25, 0.3) is 0 Å². The molecule has 2 aromatic rings. The van der Waals surface area contributed by atoms with E-state index in [4.69, 9.17) is 4.18 Å². The topological polar surface area (TPSA) is 12.5 Å². The largest absolute Gasteiger partial charge is 0.304 e. The van der Waals surface area contributed by atoms with Crippen molar-refractivity contribution in [3.05, 3.63) is 70.8 Å². The fraction of sp³-hybridized carbons (Fsp3) is 0.600. The minimum absolute atomic E-state index is 0.793. The van der Waals surface area contributed by atoms with E-state index in [2.05, 4.69) is 66.8 Å². The Bertz CT molecular complexity index is 765. The van der Waals surface area contributed by atoms with E-state index in [9.17, 15) is 0 Å². The van der Waals surface area contributed by atoms with Gasteiger partial charge in [0, 0.05) is 6.54 Å². The maximum absolute atomic E-state index is 5.08. The van der Waals surface area contributed by atoms with Crippen molar-refractivity contribution in [1.82, 2.24) is 4.31 Å². The van der Waals surface area contributed by atoms with Crippen LogP contribution < -0.4 is 0 Å². The fourth-order valence-electron chi connectivity index (χ4n) is 5.26. The number of rotatable bonds is 14. The van der Waals surface area contributed by atoms with Crippen LogP contribution in [0.25, 0.3) is 0 Å². The average Bonchev–Trinajstić information content (AvgIpc) is 2.85. The van der Waals surface area contributed by atoms with Gasteiger partial charge in [0.05, 0.1) is 19.3 Å². The number of hydrogen-bond donors (Lipinski definition) is 0. The summed E-state index contributed by atoms with van der Waals surface area (Å²) in [6, 6.07) is 18.8. The van der Waals surface area contributed by atoms with Gasteiger partial charge < -0.3 is 4.18 Å². The summed E-state index contributed by atoms with van der Waals surface area (Å²) in [6.45, 7) is 3.35. The molecule has 33 heavy (non-hydrogen) atoms. The van der Waals surface area contributed by atoms with Gasteiger partial charge in [-0.15, -0.1) is 0 Å². The molecule has 0 aliphatic heterocycles. The third-order valence-electron chi connectivity index (χ3n) is 7.38. The standard InChI is InChI=1S/C30H45NOS/c1-4-5-6-8-25-16-20-29(21-17-25)30-22-18-28(19-23-30)15-14-27-12-10-26(11-13-27)9-7-24-31(2)33-32-3/h10-13,18-19,22-23,25,29H,4-9,14-17,20-21,24H2,1-3H3. The highest BCUT2D eigenvalue weighted by molar-refractivity contribution is 7.92. The van der Waals surface area contributed by atoms with Crippen molar-refractivity contribution in [2.75, 3.05) is 20.7 Å². The van der Waals surface area contributed by atoms with Crippen molar-refractivity contribution in [3.8, 4) is 0 Å². The van der Waals surface area contributed by atoms with E-state index in [0.717, 1.165) is 44.1 Å². The molecular formula is C30H45NOS. The van der Waals surface area contributed by atoms with Crippen molar-refractivity contribution >= 4 is 12.2 Å². The number of aryl methyl sites for hydroxylation is 3. The van der Waals surface area contributed by atoms with Crippen molar-refractivity contribution in [3.63, 3.8) is 0 Å². The Kier molecular flexibility index (Phi) is 11.9. The molecule has 0 unspecified atom stereocenters. The fourth-order valence-corrected chi connectivity index (χ4v) is 5.71. The molecule has 2 nitrogen and oxygen atoms in total. The summed E-state index contributed by atoms with van der Waals surface area (Å²) >= 11 is 1.42. The lowest BCUT2D eigenvalue weighted by Gasteiger charge is -2.29. The molecule has 0 heterocycles. The zero-order chi connectivity index (χ0) is 23.3. The van der Waals surface area contributed by atoms with E-state index >= 15 is 0 Å². The Labute approximate surface area is 207 Å². The summed E-state index contributed by atoms with van der Waals surface area (Å²) < 4.78 is 7.22. The van der Waals surface area contributed by atoms with E-state index in [1.165, 1.54) is 80.3 Å². The molecule has 1 aliphatic rings. The Morgan fingerprint density at radius 3 is 1.94 bits per heavy atom. The smallest absolute Gasteiger partial charge is 0.0813 e. The van der Waals surface area contributed by atoms with Crippen LogP contribution in [-0.2, 0) is 23.4 Å². The van der Waals surface area contributed by atoms with Crippen molar-refractivity contribution in [1.29, 1.82) is 0 Å². The molecule has 0 saturated heterocycles. The van der Waals surface area contributed by atoms with Crippen LogP contribution in [0.5, 0.6) is 0 Å². The summed E-state index contributed by atoms with van der Waals surface area (Å²) in [5.74, 6) is 1.79. The SMILES string of the molecule is CCCCCC1CCC(c2ccc(CCc3ccc(CCCN(C)SOC)cc3)cc2)CC1. The van der Waals surface area contributed by atoms with Gasteiger partial charge in [-0.05, 0) is 92.5 Å². The first-order valence-electron chi connectivity index (χ1n) is 13.3. The van der Waals surface area contributed by atoms with Gasteiger partial charge in [-0.1, -0.05) is 81.1 Å². The van der Waals surface area contributed by atoms with Crippen LogP contribution in [0.2, 0.25) is 0 Å². The van der Waals surface area contributed by atoms with Gasteiger partial charge in [0.2, 0.25) is 0 Å². The molecule has 0 aromatic heterocycles. The van der Waals surface area contributed by atoms with Crippen molar-refractivity contribution < 1.29 is 4.18 Å². The Morgan fingerprint density at radius 1 is 0.788 bits per heavy atom. The first-order valence-corrected chi connectivity index (χ1v) is 14.0. The van der Waals surface area contributed by atoms with Crippen LogP contribution in [0.4, 0.5) is 0 Å². The van der Waals surface area contributed by atoms with E-state index in [1.807, 2.05) is 0 Å². The third-order valence-corrected chi connectivity index (χ3v) is 7.97. The highest BCUT2D eigenvalue weighted by Crippen LogP contribution is 2.37. The number of hydrogen-bond acceptors (Lipinski definition) is 3. The molecule has 1 fully saturated rings. The molecule has 0 atom stereocenters. The summed E-state index contributed by atoms with van der Waals surface area (Å²) in [5, 5.41) is 0. The van der Waals surface area contributed by atoms with Gasteiger partial charge >= 0.3 is 0 Å². The summed E-state index contributed by atoms with van der Waals surface area (Å²) in [4.78, 5) is 0. The molecule has 0 amide bonds. The lowest BCUT2D eigenvalue weighted by atomic mass is 9.77. The van der Waals surface area contributed by atoms with Crippen molar-refractivity contribution in [2.24, 2.45) is 5.92 Å². The van der Waals surface area contributed by atoms with E-state index in [-0.39, 0.29) is 0 Å². The first kappa shape index (κ1) is 26.3. The molecular weight excluding hydrogens is 422 g/mol. The zero-order valence-electron chi connectivity index (χ0n) is 21.2. The van der Waals surface area contributed by atoms with Crippen LogP contribution in [0.15, 0.2) is 48.5 Å². The molecule has 2 aromatic carbocycles. The molecule has 0 spiro atoms. The Morgan fingerprint density at radius 2 is 1.36 bits per heavy atom. The van der Waals surface area contributed by atoms with Crippen molar-refractivity contribution in [2.45, 2.75) is 89.9 Å². The second-order valence-electron chi connectivity index (χ2n) is 9.97.